The van der Waals surface area contributed by atoms with Gasteiger partial charge in [-0.3, -0.25) is 19.7 Å². The van der Waals surface area contributed by atoms with Crippen molar-refractivity contribution in [3.8, 4) is 0 Å². The molecule has 104 valence electrons. The number of aromatic nitrogens is 2. The van der Waals surface area contributed by atoms with Crippen LogP contribution in [0.4, 0.5) is 0 Å². The summed E-state index contributed by atoms with van der Waals surface area (Å²) in [5.74, 6) is -0.131. The Morgan fingerprint density at radius 1 is 1.47 bits per heavy atom. The zero-order chi connectivity index (χ0) is 13.9. The molecule has 5 nitrogen and oxygen atoms in total. The Kier molecular flexibility index (Phi) is 4.14. The summed E-state index contributed by atoms with van der Waals surface area (Å²) in [5.41, 5.74) is 0.454. The normalized spacial score (nSPS) is 20.5. The van der Waals surface area contributed by atoms with Crippen molar-refractivity contribution in [2.75, 3.05) is 6.54 Å². The molecular weight excluding hydrogens is 242 g/mol. The minimum absolute atomic E-state index is 0.131. The van der Waals surface area contributed by atoms with Gasteiger partial charge in [0.25, 0.3) is 0 Å². The van der Waals surface area contributed by atoms with E-state index in [1.807, 2.05) is 20.8 Å². The molecule has 1 aliphatic rings. The number of likely N-dealkylation sites (tertiary alicyclic amines) is 1. The highest BCUT2D eigenvalue weighted by Gasteiger charge is 2.34. The molecule has 19 heavy (non-hydrogen) atoms. The van der Waals surface area contributed by atoms with E-state index in [1.165, 1.54) is 0 Å². The molecular formula is C14H21N3O2. The van der Waals surface area contributed by atoms with Gasteiger partial charge in [0, 0.05) is 25.1 Å². The van der Waals surface area contributed by atoms with Crippen LogP contribution in [0.25, 0.3) is 0 Å². The third kappa shape index (κ3) is 3.99. The van der Waals surface area contributed by atoms with E-state index in [0.717, 1.165) is 25.1 Å². The van der Waals surface area contributed by atoms with Gasteiger partial charge in [0.1, 0.15) is 11.6 Å². The van der Waals surface area contributed by atoms with Gasteiger partial charge in [-0.1, -0.05) is 0 Å². The van der Waals surface area contributed by atoms with Gasteiger partial charge in [0.15, 0.2) is 0 Å². The van der Waals surface area contributed by atoms with Gasteiger partial charge in [0.2, 0.25) is 0 Å². The van der Waals surface area contributed by atoms with Gasteiger partial charge in [-0.25, -0.2) is 0 Å². The first-order valence-corrected chi connectivity index (χ1v) is 6.67. The number of hydrogen-bond acceptors (Lipinski definition) is 5. The lowest BCUT2D eigenvalue weighted by atomic mass is 10.1. The van der Waals surface area contributed by atoms with E-state index in [0.29, 0.717) is 6.54 Å². The summed E-state index contributed by atoms with van der Waals surface area (Å²) in [7, 11) is 0. The molecule has 1 aliphatic heterocycles. The van der Waals surface area contributed by atoms with Crippen LogP contribution in [0.1, 0.15) is 39.3 Å². The number of hydrogen-bond donors (Lipinski definition) is 0. The number of ether oxygens (including phenoxy) is 1. The quantitative estimate of drug-likeness (QED) is 0.778. The van der Waals surface area contributed by atoms with E-state index in [4.69, 9.17) is 4.74 Å². The fraction of sp³-hybridized carbons (Fsp3) is 0.643. The van der Waals surface area contributed by atoms with E-state index < -0.39 is 5.60 Å². The smallest absolute Gasteiger partial charge is 0.323 e. The molecule has 0 amide bonds. The second kappa shape index (κ2) is 5.65. The summed E-state index contributed by atoms with van der Waals surface area (Å²) < 4.78 is 5.47. The molecule has 2 heterocycles. The number of carbonyl (C=O) groups is 1. The number of esters is 1. The molecule has 1 fully saturated rings. The third-order valence-corrected chi connectivity index (χ3v) is 3.02. The van der Waals surface area contributed by atoms with Crippen molar-refractivity contribution in [1.29, 1.82) is 0 Å². The number of nitrogens with zero attached hydrogens (tertiary/aromatic N) is 3. The Balaban J connectivity index is 1.99. The van der Waals surface area contributed by atoms with Crippen molar-refractivity contribution in [1.82, 2.24) is 14.9 Å². The first-order chi connectivity index (χ1) is 8.96. The summed E-state index contributed by atoms with van der Waals surface area (Å²) in [6.45, 7) is 7.24. The van der Waals surface area contributed by atoms with Crippen LogP contribution < -0.4 is 0 Å². The predicted octanol–water partition coefficient (Wildman–Crippen LogP) is 1.78. The van der Waals surface area contributed by atoms with Crippen molar-refractivity contribution < 1.29 is 9.53 Å². The van der Waals surface area contributed by atoms with Crippen LogP contribution in [0.3, 0.4) is 0 Å². The lowest BCUT2D eigenvalue weighted by molar-refractivity contribution is -0.160. The standard InChI is InChI=1S/C14H21N3O2/c1-14(2,3)19-13(18)12-5-4-8-17(12)10-11-9-15-6-7-16-11/h6-7,9,12H,4-5,8,10H2,1-3H3/t12-/m0/s1. The van der Waals surface area contributed by atoms with Crippen LogP contribution in [-0.2, 0) is 16.1 Å². The van der Waals surface area contributed by atoms with Crippen molar-refractivity contribution >= 4 is 5.97 Å². The largest absolute Gasteiger partial charge is 0.459 e. The van der Waals surface area contributed by atoms with Gasteiger partial charge >= 0.3 is 5.97 Å². The fourth-order valence-corrected chi connectivity index (χ4v) is 2.27. The lowest BCUT2D eigenvalue weighted by Gasteiger charge is -2.27. The van der Waals surface area contributed by atoms with Crippen molar-refractivity contribution in [2.45, 2.75) is 51.8 Å². The molecule has 0 unspecified atom stereocenters. The Morgan fingerprint density at radius 3 is 2.89 bits per heavy atom. The summed E-state index contributed by atoms with van der Waals surface area (Å²) in [4.78, 5) is 22.6. The topological polar surface area (TPSA) is 55.3 Å². The molecule has 0 spiro atoms. The molecule has 0 aromatic carbocycles. The van der Waals surface area contributed by atoms with E-state index in [2.05, 4.69) is 14.9 Å². The molecule has 1 aromatic rings. The second-order valence-corrected chi connectivity index (χ2v) is 5.86. The highest BCUT2D eigenvalue weighted by Crippen LogP contribution is 2.22. The Morgan fingerprint density at radius 2 is 2.26 bits per heavy atom. The Labute approximate surface area is 114 Å². The van der Waals surface area contributed by atoms with Crippen molar-refractivity contribution in [2.24, 2.45) is 0 Å². The van der Waals surface area contributed by atoms with Crippen molar-refractivity contribution in [3.63, 3.8) is 0 Å². The van der Waals surface area contributed by atoms with Gasteiger partial charge in [-0.05, 0) is 40.2 Å². The minimum Gasteiger partial charge on any atom is -0.459 e. The van der Waals surface area contributed by atoms with E-state index >= 15 is 0 Å². The summed E-state index contributed by atoms with van der Waals surface area (Å²) in [5, 5.41) is 0. The van der Waals surface area contributed by atoms with Crippen LogP contribution in [0.2, 0.25) is 0 Å². The maximum absolute atomic E-state index is 12.2. The van der Waals surface area contributed by atoms with Crippen LogP contribution in [0.15, 0.2) is 18.6 Å². The van der Waals surface area contributed by atoms with Crippen LogP contribution in [0.5, 0.6) is 0 Å². The predicted molar refractivity (Wildman–Crippen MR) is 71.3 cm³/mol. The summed E-state index contributed by atoms with van der Waals surface area (Å²) >= 11 is 0. The van der Waals surface area contributed by atoms with Gasteiger partial charge in [-0.2, -0.15) is 0 Å². The third-order valence-electron chi connectivity index (χ3n) is 3.02. The molecule has 0 bridgehead atoms. The molecule has 2 rings (SSSR count). The lowest BCUT2D eigenvalue weighted by Crippen LogP contribution is -2.40. The average Bonchev–Trinajstić information content (AvgIpc) is 2.76. The SMILES string of the molecule is CC(C)(C)OC(=O)[C@@H]1CCCN1Cc1cnccn1. The van der Waals surface area contributed by atoms with Gasteiger partial charge in [0.05, 0.1) is 5.69 Å². The zero-order valence-electron chi connectivity index (χ0n) is 11.8. The maximum Gasteiger partial charge on any atom is 0.323 e. The second-order valence-electron chi connectivity index (χ2n) is 5.86. The van der Waals surface area contributed by atoms with Gasteiger partial charge < -0.3 is 4.74 Å². The highest BCUT2D eigenvalue weighted by atomic mass is 16.6. The molecule has 0 aliphatic carbocycles. The molecule has 1 saturated heterocycles. The summed E-state index contributed by atoms with van der Waals surface area (Å²) in [6, 6.07) is -0.152. The summed E-state index contributed by atoms with van der Waals surface area (Å²) in [6.07, 6.45) is 6.94. The molecule has 0 radical (unpaired) electrons. The Bertz CT molecular complexity index is 428. The number of rotatable bonds is 3. The van der Waals surface area contributed by atoms with Crippen LogP contribution in [0, 0.1) is 0 Å². The number of carbonyl (C=O) groups excluding carboxylic acids is 1. The minimum atomic E-state index is -0.433. The van der Waals surface area contributed by atoms with Crippen LogP contribution in [-0.4, -0.2) is 39.0 Å². The van der Waals surface area contributed by atoms with E-state index in [-0.39, 0.29) is 12.0 Å². The van der Waals surface area contributed by atoms with Crippen molar-refractivity contribution in [3.05, 3.63) is 24.3 Å². The van der Waals surface area contributed by atoms with E-state index in [1.54, 1.807) is 18.6 Å². The Hall–Kier alpha value is -1.49. The first-order valence-electron chi connectivity index (χ1n) is 6.67. The van der Waals surface area contributed by atoms with Gasteiger partial charge in [-0.15, -0.1) is 0 Å². The molecule has 5 heteroatoms. The molecule has 1 atom stereocenters. The highest BCUT2D eigenvalue weighted by molar-refractivity contribution is 5.76. The van der Waals surface area contributed by atoms with Crippen LogP contribution >= 0.6 is 0 Å². The monoisotopic (exact) mass is 263 g/mol. The maximum atomic E-state index is 12.2. The molecule has 0 N–H and O–H groups in total. The molecule has 0 saturated carbocycles. The first kappa shape index (κ1) is 13.9. The molecule has 1 aromatic heterocycles. The van der Waals surface area contributed by atoms with E-state index in [9.17, 15) is 4.79 Å². The fourth-order valence-electron chi connectivity index (χ4n) is 2.27. The average molecular weight is 263 g/mol. The zero-order valence-corrected chi connectivity index (χ0v) is 11.8.